The molecule has 0 fully saturated rings. The van der Waals surface area contributed by atoms with E-state index in [1.165, 1.54) is 0 Å². The molecule has 92 valence electrons. The number of hydrogen-bond donors (Lipinski definition) is 2. The molecule has 2 aromatic rings. The van der Waals surface area contributed by atoms with Crippen LogP contribution in [-0.2, 0) is 11.3 Å². The Labute approximate surface area is 105 Å². The number of benzene rings is 1. The highest BCUT2D eigenvalue weighted by Gasteiger charge is 2.01. The third-order valence-corrected chi connectivity index (χ3v) is 2.17. The van der Waals surface area contributed by atoms with E-state index in [-0.39, 0.29) is 6.61 Å². The van der Waals surface area contributed by atoms with Gasteiger partial charge in [-0.1, -0.05) is 36.4 Å². The number of carbonyl (C=O) groups excluding carboxylic acids is 1. The zero-order valence-electron chi connectivity index (χ0n) is 9.67. The molecule has 18 heavy (non-hydrogen) atoms. The summed E-state index contributed by atoms with van der Waals surface area (Å²) in [5.74, 6) is 0.550. The van der Waals surface area contributed by atoms with Crippen molar-refractivity contribution in [3.63, 3.8) is 0 Å². The number of aromatic nitrogens is 1. The van der Waals surface area contributed by atoms with Crippen molar-refractivity contribution in [3.8, 4) is 0 Å². The van der Waals surface area contributed by atoms with E-state index in [4.69, 9.17) is 4.74 Å². The minimum absolute atomic E-state index is 0.233. The summed E-state index contributed by atoms with van der Waals surface area (Å²) >= 11 is 0. The second kappa shape index (κ2) is 6.24. The molecule has 1 amide bonds. The average Bonchev–Trinajstić information content (AvgIpc) is 2.45. The van der Waals surface area contributed by atoms with Crippen molar-refractivity contribution in [2.45, 2.75) is 6.61 Å². The van der Waals surface area contributed by atoms with Crippen molar-refractivity contribution in [2.24, 2.45) is 0 Å². The van der Waals surface area contributed by atoms with E-state index < -0.39 is 6.09 Å². The smallest absolute Gasteiger partial charge is 0.426 e. The van der Waals surface area contributed by atoms with Crippen molar-refractivity contribution in [1.82, 2.24) is 10.4 Å². The highest BCUT2D eigenvalue weighted by molar-refractivity contribution is 5.68. The van der Waals surface area contributed by atoms with E-state index in [0.717, 1.165) is 5.56 Å². The van der Waals surface area contributed by atoms with Gasteiger partial charge in [-0.2, -0.15) is 0 Å². The number of ether oxygens (including phenoxy) is 1. The van der Waals surface area contributed by atoms with Crippen LogP contribution in [0.5, 0.6) is 0 Å². The predicted octanol–water partition coefficient (Wildman–Crippen LogP) is 2.33. The third kappa shape index (κ3) is 3.79. The molecule has 1 aromatic carbocycles. The summed E-state index contributed by atoms with van der Waals surface area (Å²) in [4.78, 5) is 15.4. The molecule has 0 aliphatic rings. The number of nitrogens with zero attached hydrogens (tertiary/aromatic N) is 1. The Morgan fingerprint density at radius 3 is 2.61 bits per heavy atom. The van der Waals surface area contributed by atoms with Crippen LogP contribution in [0.4, 0.5) is 10.6 Å². The topological polar surface area (TPSA) is 63.2 Å². The maximum atomic E-state index is 11.4. The molecule has 2 rings (SSSR count). The molecule has 1 heterocycles. The molecule has 5 nitrogen and oxygen atoms in total. The molecule has 5 heteroatoms. The molecule has 0 saturated heterocycles. The van der Waals surface area contributed by atoms with Gasteiger partial charge in [0.25, 0.3) is 0 Å². The Balaban J connectivity index is 1.73. The van der Waals surface area contributed by atoms with Gasteiger partial charge >= 0.3 is 6.09 Å². The minimum atomic E-state index is -0.551. The first-order chi connectivity index (χ1) is 8.84. The van der Waals surface area contributed by atoms with Gasteiger partial charge in [0.2, 0.25) is 0 Å². The lowest BCUT2D eigenvalue weighted by Crippen LogP contribution is -2.30. The Hall–Kier alpha value is -2.56. The van der Waals surface area contributed by atoms with Gasteiger partial charge in [-0.15, -0.1) is 0 Å². The highest BCUT2D eigenvalue weighted by Crippen LogP contribution is 2.01. The fourth-order valence-corrected chi connectivity index (χ4v) is 1.31. The Morgan fingerprint density at radius 1 is 1.11 bits per heavy atom. The summed E-state index contributed by atoms with van der Waals surface area (Å²) in [6.07, 6.45) is 1.07. The van der Waals surface area contributed by atoms with E-state index in [9.17, 15) is 4.79 Å². The van der Waals surface area contributed by atoms with Gasteiger partial charge in [-0.25, -0.2) is 15.2 Å². The van der Waals surface area contributed by atoms with Crippen molar-refractivity contribution in [2.75, 3.05) is 5.43 Å². The van der Waals surface area contributed by atoms with Gasteiger partial charge in [-0.05, 0) is 17.7 Å². The van der Waals surface area contributed by atoms with Crippen LogP contribution in [0.15, 0.2) is 54.7 Å². The number of nitrogens with one attached hydrogen (secondary N) is 2. The van der Waals surface area contributed by atoms with E-state index in [2.05, 4.69) is 15.8 Å². The third-order valence-electron chi connectivity index (χ3n) is 2.17. The number of hydrazine groups is 1. The summed E-state index contributed by atoms with van der Waals surface area (Å²) in [5.41, 5.74) is 5.98. The molecule has 0 atom stereocenters. The van der Waals surface area contributed by atoms with E-state index in [1.807, 2.05) is 36.4 Å². The Bertz CT molecular complexity index is 443. The molecule has 0 spiro atoms. The molecule has 0 aliphatic heterocycles. The largest absolute Gasteiger partial charge is 0.443 e. The Kier molecular flexibility index (Phi) is 4.13. The first-order valence-corrected chi connectivity index (χ1v) is 5.48. The standard InChI is InChI=1S/C13H13N3O2/c17-13(16-15-12-8-4-5-9-14-12)18-10-11-6-2-1-3-7-11/h1-9H,10H2,(H,14,15)(H,16,17). The van der Waals surface area contributed by atoms with Crippen LogP contribution in [-0.4, -0.2) is 11.1 Å². The molecule has 0 aliphatic carbocycles. The van der Waals surface area contributed by atoms with E-state index >= 15 is 0 Å². The first-order valence-electron chi connectivity index (χ1n) is 5.48. The molecule has 0 unspecified atom stereocenters. The van der Waals surface area contributed by atoms with Crippen LogP contribution in [0.1, 0.15) is 5.56 Å². The molecule has 0 bridgehead atoms. The fraction of sp³-hybridized carbons (Fsp3) is 0.0769. The van der Waals surface area contributed by atoms with Crippen LogP contribution >= 0.6 is 0 Å². The number of hydrogen-bond acceptors (Lipinski definition) is 4. The quantitative estimate of drug-likeness (QED) is 0.809. The Morgan fingerprint density at radius 2 is 1.89 bits per heavy atom. The van der Waals surface area contributed by atoms with Crippen LogP contribution in [0.2, 0.25) is 0 Å². The number of anilines is 1. The lowest BCUT2D eigenvalue weighted by atomic mass is 10.2. The van der Waals surface area contributed by atoms with Gasteiger partial charge in [0.1, 0.15) is 12.4 Å². The van der Waals surface area contributed by atoms with Crippen molar-refractivity contribution >= 4 is 11.9 Å². The zero-order valence-corrected chi connectivity index (χ0v) is 9.67. The number of rotatable bonds is 4. The molecule has 2 N–H and O–H groups in total. The highest BCUT2D eigenvalue weighted by atomic mass is 16.6. The van der Waals surface area contributed by atoms with Crippen molar-refractivity contribution in [3.05, 3.63) is 60.3 Å². The summed E-state index contributed by atoms with van der Waals surface area (Å²) in [7, 11) is 0. The van der Waals surface area contributed by atoms with E-state index in [0.29, 0.717) is 5.82 Å². The van der Waals surface area contributed by atoms with Crippen molar-refractivity contribution < 1.29 is 9.53 Å². The monoisotopic (exact) mass is 243 g/mol. The van der Waals surface area contributed by atoms with Crippen LogP contribution in [0.3, 0.4) is 0 Å². The van der Waals surface area contributed by atoms with Gasteiger partial charge in [-0.3, -0.25) is 5.43 Å². The summed E-state index contributed by atoms with van der Waals surface area (Å²) < 4.78 is 5.01. The van der Waals surface area contributed by atoms with Gasteiger partial charge < -0.3 is 4.74 Å². The number of pyridine rings is 1. The van der Waals surface area contributed by atoms with Gasteiger partial charge in [0.05, 0.1) is 0 Å². The lowest BCUT2D eigenvalue weighted by molar-refractivity contribution is 0.142. The maximum Gasteiger partial charge on any atom is 0.426 e. The zero-order chi connectivity index (χ0) is 12.6. The summed E-state index contributed by atoms with van der Waals surface area (Å²) in [5, 5.41) is 0. The summed E-state index contributed by atoms with van der Waals surface area (Å²) in [6.45, 7) is 0.233. The second-order valence-corrected chi connectivity index (χ2v) is 3.53. The molecule has 0 saturated carbocycles. The summed E-state index contributed by atoms with van der Waals surface area (Å²) in [6, 6.07) is 14.8. The molecule has 0 radical (unpaired) electrons. The number of carbonyl (C=O) groups is 1. The normalized spacial score (nSPS) is 9.56. The molecule has 1 aromatic heterocycles. The maximum absolute atomic E-state index is 11.4. The fourth-order valence-electron chi connectivity index (χ4n) is 1.31. The minimum Gasteiger partial charge on any atom is -0.443 e. The first kappa shape index (κ1) is 11.9. The lowest BCUT2D eigenvalue weighted by Gasteiger charge is -2.08. The van der Waals surface area contributed by atoms with Crippen LogP contribution < -0.4 is 10.9 Å². The van der Waals surface area contributed by atoms with Crippen LogP contribution in [0.25, 0.3) is 0 Å². The molecular formula is C13H13N3O2. The van der Waals surface area contributed by atoms with E-state index in [1.54, 1.807) is 18.3 Å². The van der Waals surface area contributed by atoms with Gasteiger partial charge in [0.15, 0.2) is 0 Å². The van der Waals surface area contributed by atoms with Crippen LogP contribution in [0, 0.1) is 0 Å². The number of amides is 1. The average molecular weight is 243 g/mol. The second-order valence-electron chi connectivity index (χ2n) is 3.53. The molecular weight excluding hydrogens is 230 g/mol. The van der Waals surface area contributed by atoms with Crippen molar-refractivity contribution in [1.29, 1.82) is 0 Å². The predicted molar refractivity (Wildman–Crippen MR) is 67.6 cm³/mol. The van der Waals surface area contributed by atoms with Gasteiger partial charge in [0, 0.05) is 6.20 Å². The SMILES string of the molecule is O=C(NNc1ccccn1)OCc1ccccc1.